The molecular formula is C18H22N4O3S. The first-order valence-electron chi connectivity index (χ1n) is 8.55. The molecule has 0 aliphatic carbocycles. The average molecular weight is 374 g/mol. The van der Waals surface area contributed by atoms with E-state index in [-0.39, 0.29) is 17.9 Å². The zero-order chi connectivity index (χ0) is 18.2. The minimum Gasteiger partial charge on any atom is -0.378 e. The van der Waals surface area contributed by atoms with Crippen LogP contribution >= 0.6 is 11.3 Å². The first-order valence-corrected chi connectivity index (χ1v) is 9.43. The van der Waals surface area contributed by atoms with Crippen LogP contribution < -0.4 is 16.0 Å². The Balaban J connectivity index is 1.40. The van der Waals surface area contributed by atoms with E-state index in [0.717, 1.165) is 17.2 Å². The van der Waals surface area contributed by atoms with Crippen LogP contribution in [0.25, 0.3) is 0 Å². The Labute approximate surface area is 156 Å². The third kappa shape index (κ3) is 5.62. The van der Waals surface area contributed by atoms with Gasteiger partial charge in [-0.15, -0.1) is 11.3 Å². The van der Waals surface area contributed by atoms with Gasteiger partial charge in [-0.2, -0.15) is 0 Å². The van der Waals surface area contributed by atoms with Crippen LogP contribution in [-0.4, -0.2) is 42.6 Å². The van der Waals surface area contributed by atoms with E-state index >= 15 is 0 Å². The first kappa shape index (κ1) is 18.5. The molecular weight excluding hydrogens is 352 g/mol. The molecule has 1 aliphatic heterocycles. The summed E-state index contributed by atoms with van der Waals surface area (Å²) >= 11 is 1.46. The summed E-state index contributed by atoms with van der Waals surface area (Å²) in [4.78, 5) is 28.4. The van der Waals surface area contributed by atoms with E-state index in [4.69, 9.17) is 4.74 Å². The number of hydrogen-bond donors (Lipinski definition) is 3. The van der Waals surface area contributed by atoms with Gasteiger partial charge in [0.05, 0.1) is 32.0 Å². The lowest BCUT2D eigenvalue weighted by molar-refractivity contribution is -0.122. The quantitative estimate of drug-likeness (QED) is 0.674. The normalized spacial score (nSPS) is 16.8. The summed E-state index contributed by atoms with van der Waals surface area (Å²) in [7, 11) is 0. The topological polar surface area (TPSA) is 92.4 Å². The summed E-state index contributed by atoms with van der Waals surface area (Å²) in [6, 6.07) is 9.13. The molecule has 1 aromatic heterocycles. The molecule has 2 amide bonds. The third-order valence-corrected chi connectivity index (χ3v) is 4.83. The van der Waals surface area contributed by atoms with Gasteiger partial charge in [-0.3, -0.25) is 9.59 Å². The maximum absolute atomic E-state index is 12.0. The van der Waals surface area contributed by atoms with Crippen molar-refractivity contribution in [3.05, 3.63) is 52.0 Å². The van der Waals surface area contributed by atoms with E-state index in [9.17, 15) is 9.59 Å². The minimum absolute atomic E-state index is 0.0278. The molecule has 0 saturated carbocycles. The molecule has 3 rings (SSSR count). The number of carbonyl (C=O) groups is 2. The lowest BCUT2D eigenvalue weighted by Crippen LogP contribution is -2.44. The highest BCUT2D eigenvalue weighted by molar-refractivity contribution is 7.09. The number of aromatic nitrogens is 1. The maximum Gasteiger partial charge on any atom is 0.251 e. The molecule has 1 fully saturated rings. The molecule has 7 nitrogen and oxygen atoms in total. The molecule has 1 saturated heterocycles. The van der Waals surface area contributed by atoms with E-state index in [0.29, 0.717) is 38.3 Å². The van der Waals surface area contributed by atoms with Crippen LogP contribution in [0.1, 0.15) is 27.5 Å². The molecule has 0 spiro atoms. The zero-order valence-corrected chi connectivity index (χ0v) is 15.2. The van der Waals surface area contributed by atoms with Crippen molar-refractivity contribution in [1.29, 1.82) is 0 Å². The SMILES string of the molecule is O=C(CC1COCCN1)NCc1csc(CNC(=O)c2ccccc2)n1. The van der Waals surface area contributed by atoms with Crippen molar-refractivity contribution in [1.82, 2.24) is 20.9 Å². The van der Waals surface area contributed by atoms with Gasteiger partial charge in [0.25, 0.3) is 5.91 Å². The summed E-state index contributed by atoms with van der Waals surface area (Å²) in [5, 5.41) is 11.7. The highest BCUT2D eigenvalue weighted by Crippen LogP contribution is 2.10. The molecule has 1 unspecified atom stereocenters. The summed E-state index contributed by atoms with van der Waals surface area (Å²) in [5.41, 5.74) is 1.41. The standard InChI is InChI=1S/C18H22N4O3S/c23-16(8-14-11-25-7-6-19-14)20-9-15-12-26-17(22-15)10-21-18(24)13-4-2-1-3-5-13/h1-5,12,14,19H,6-11H2,(H,20,23)(H,21,24). The lowest BCUT2D eigenvalue weighted by Gasteiger charge is -2.23. The van der Waals surface area contributed by atoms with Gasteiger partial charge in [0, 0.05) is 30.0 Å². The van der Waals surface area contributed by atoms with Crippen LogP contribution in [-0.2, 0) is 22.6 Å². The van der Waals surface area contributed by atoms with E-state index in [2.05, 4.69) is 20.9 Å². The number of thiazole rings is 1. The molecule has 0 bridgehead atoms. The second-order valence-electron chi connectivity index (χ2n) is 5.99. The monoisotopic (exact) mass is 374 g/mol. The molecule has 3 N–H and O–H groups in total. The van der Waals surface area contributed by atoms with Gasteiger partial charge < -0.3 is 20.7 Å². The predicted molar refractivity (Wildman–Crippen MR) is 98.8 cm³/mol. The van der Waals surface area contributed by atoms with Gasteiger partial charge in [-0.05, 0) is 12.1 Å². The Morgan fingerprint density at radius 2 is 2.08 bits per heavy atom. The fourth-order valence-electron chi connectivity index (χ4n) is 2.59. The molecule has 26 heavy (non-hydrogen) atoms. The van der Waals surface area contributed by atoms with Gasteiger partial charge in [0.2, 0.25) is 5.91 Å². The number of nitrogens with one attached hydrogen (secondary N) is 3. The van der Waals surface area contributed by atoms with Gasteiger partial charge >= 0.3 is 0 Å². The minimum atomic E-state index is -0.127. The molecule has 1 atom stereocenters. The maximum atomic E-state index is 12.0. The van der Waals surface area contributed by atoms with E-state index < -0.39 is 0 Å². The number of nitrogens with zero attached hydrogens (tertiary/aromatic N) is 1. The summed E-state index contributed by atoms with van der Waals surface area (Å²) in [6.07, 6.45) is 0.393. The van der Waals surface area contributed by atoms with Gasteiger partial charge in [0.15, 0.2) is 0 Å². The van der Waals surface area contributed by atoms with Crippen LogP contribution in [0.5, 0.6) is 0 Å². The predicted octanol–water partition coefficient (Wildman–Crippen LogP) is 1.07. The molecule has 1 aliphatic rings. The smallest absolute Gasteiger partial charge is 0.251 e. The van der Waals surface area contributed by atoms with Crippen molar-refractivity contribution in [2.24, 2.45) is 0 Å². The first-order chi connectivity index (χ1) is 12.7. The second-order valence-corrected chi connectivity index (χ2v) is 6.93. The summed E-state index contributed by atoms with van der Waals surface area (Å²) in [6.45, 7) is 2.79. The molecule has 2 aromatic rings. The Kier molecular flexibility index (Phi) is 6.70. The highest BCUT2D eigenvalue weighted by Gasteiger charge is 2.16. The van der Waals surface area contributed by atoms with Crippen molar-refractivity contribution < 1.29 is 14.3 Å². The van der Waals surface area contributed by atoms with Crippen LogP contribution in [0, 0.1) is 0 Å². The molecule has 2 heterocycles. The second kappa shape index (κ2) is 9.42. The molecule has 1 aromatic carbocycles. The van der Waals surface area contributed by atoms with E-state index in [1.807, 2.05) is 23.6 Å². The lowest BCUT2D eigenvalue weighted by atomic mass is 10.2. The summed E-state index contributed by atoms with van der Waals surface area (Å²) < 4.78 is 5.34. The van der Waals surface area contributed by atoms with Crippen molar-refractivity contribution in [2.75, 3.05) is 19.8 Å². The van der Waals surface area contributed by atoms with Crippen molar-refractivity contribution >= 4 is 23.2 Å². The molecule has 0 radical (unpaired) electrons. The van der Waals surface area contributed by atoms with Gasteiger partial charge in [-0.25, -0.2) is 4.98 Å². The molecule has 8 heteroatoms. The number of amides is 2. The zero-order valence-electron chi connectivity index (χ0n) is 14.4. The largest absolute Gasteiger partial charge is 0.378 e. The van der Waals surface area contributed by atoms with Crippen molar-refractivity contribution in [2.45, 2.75) is 25.6 Å². The van der Waals surface area contributed by atoms with Crippen molar-refractivity contribution in [3.63, 3.8) is 0 Å². The van der Waals surface area contributed by atoms with Crippen LogP contribution in [0.3, 0.4) is 0 Å². The number of hydrogen-bond acceptors (Lipinski definition) is 6. The summed E-state index contributed by atoms with van der Waals surface area (Å²) in [5.74, 6) is -0.155. The average Bonchev–Trinajstić information content (AvgIpc) is 3.14. The number of benzene rings is 1. The number of rotatable bonds is 7. The molecule has 138 valence electrons. The van der Waals surface area contributed by atoms with E-state index in [1.54, 1.807) is 12.1 Å². The Hall–Kier alpha value is -2.29. The fraction of sp³-hybridized carbons (Fsp3) is 0.389. The van der Waals surface area contributed by atoms with Crippen molar-refractivity contribution in [3.8, 4) is 0 Å². The van der Waals surface area contributed by atoms with Gasteiger partial charge in [-0.1, -0.05) is 18.2 Å². The number of carbonyl (C=O) groups excluding carboxylic acids is 2. The Morgan fingerprint density at radius 1 is 1.23 bits per heavy atom. The van der Waals surface area contributed by atoms with Gasteiger partial charge in [0.1, 0.15) is 5.01 Å². The van der Waals surface area contributed by atoms with Crippen LogP contribution in [0.4, 0.5) is 0 Å². The Bertz CT molecular complexity index is 729. The Morgan fingerprint density at radius 3 is 2.85 bits per heavy atom. The number of morpholine rings is 1. The fourth-order valence-corrected chi connectivity index (χ4v) is 3.33. The highest BCUT2D eigenvalue weighted by atomic mass is 32.1. The van der Waals surface area contributed by atoms with Crippen LogP contribution in [0.2, 0.25) is 0 Å². The third-order valence-electron chi connectivity index (χ3n) is 3.93. The van der Waals surface area contributed by atoms with Crippen LogP contribution in [0.15, 0.2) is 35.7 Å². The number of ether oxygens (including phenoxy) is 1. The van der Waals surface area contributed by atoms with E-state index in [1.165, 1.54) is 11.3 Å².